The van der Waals surface area contributed by atoms with Crippen LogP contribution < -0.4 is 20.7 Å². The molecule has 1 saturated carbocycles. The Hall–Kier alpha value is -4.61. The molecule has 0 bridgehead atoms. The Morgan fingerprint density at radius 3 is 2.24 bits per heavy atom. The standard InChI is InChI=1S/C38H46FN7O3/c1-24-22-46(23-25(2)41-24)17-16-27-8-10-28(11-9-27)29-6-5-7-33(19-29)49-38-34(20-30(39)21-40-38)36(47)42-31-12-14-32(15-13-31)43-37(48)35-18-26(3)45(4)44-35/h5-11,18-21,24-25,31-32,41H,12-17,22-23H2,1-4H3,(H,42,47)(H,43,48)/t24-,25+,31-,32-. The fraction of sp³-hybridized carbons (Fsp3) is 0.421. The second kappa shape index (κ2) is 15.3. The molecule has 10 nitrogen and oxygen atoms in total. The topological polar surface area (TPSA) is 113 Å². The van der Waals surface area contributed by atoms with Gasteiger partial charge in [-0.05, 0) is 93.8 Å². The number of rotatable bonds is 10. The molecule has 2 atom stereocenters. The number of aryl methyl sites for hydroxylation is 2. The van der Waals surface area contributed by atoms with Crippen LogP contribution >= 0.6 is 0 Å². The maximum absolute atomic E-state index is 14.3. The highest BCUT2D eigenvalue weighted by molar-refractivity contribution is 5.96. The molecule has 3 N–H and O–H groups in total. The van der Waals surface area contributed by atoms with E-state index in [0.717, 1.165) is 55.1 Å². The summed E-state index contributed by atoms with van der Waals surface area (Å²) in [5, 5.41) is 13.9. The van der Waals surface area contributed by atoms with Gasteiger partial charge in [-0.3, -0.25) is 19.2 Å². The zero-order valence-corrected chi connectivity index (χ0v) is 28.7. The van der Waals surface area contributed by atoms with Crippen molar-refractivity contribution in [2.45, 2.75) is 77.0 Å². The Labute approximate surface area is 287 Å². The number of aromatic nitrogens is 3. The summed E-state index contributed by atoms with van der Waals surface area (Å²) in [6.07, 6.45) is 4.80. The van der Waals surface area contributed by atoms with Gasteiger partial charge in [0.1, 0.15) is 22.8 Å². The van der Waals surface area contributed by atoms with Crippen molar-refractivity contribution in [1.29, 1.82) is 0 Å². The normalized spacial score (nSPS) is 21.2. The summed E-state index contributed by atoms with van der Waals surface area (Å²) in [6.45, 7) is 9.54. The number of halogens is 1. The fourth-order valence-electron chi connectivity index (χ4n) is 6.87. The van der Waals surface area contributed by atoms with Gasteiger partial charge in [-0.25, -0.2) is 9.37 Å². The van der Waals surface area contributed by atoms with Crippen LogP contribution in [-0.4, -0.2) is 75.3 Å². The molecule has 4 aromatic rings. The molecule has 0 radical (unpaired) electrons. The third kappa shape index (κ3) is 8.90. The summed E-state index contributed by atoms with van der Waals surface area (Å²) < 4.78 is 22.1. The molecule has 2 aromatic carbocycles. The van der Waals surface area contributed by atoms with Crippen LogP contribution in [0.15, 0.2) is 66.9 Å². The highest BCUT2D eigenvalue weighted by Gasteiger charge is 2.27. The first-order valence-electron chi connectivity index (χ1n) is 17.2. The minimum atomic E-state index is -0.622. The minimum Gasteiger partial charge on any atom is -0.438 e. The van der Waals surface area contributed by atoms with E-state index in [4.69, 9.17) is 4.74 Å². The van der Waals surface area contributed by atoms with Crippen molar-refractivity contribution in [2.75, 3.05) is 19.6 Å². The van der Waals surface area contributed by atoms with E-state index in [-0.39, 0.29) is 29.4 Å². The SMILES string of the molecule is Cc1cc(C(=O)N[C@H]2CC[C@H](NC(=O)c3cc(F)cnc3Oc3cccc(-c4ccc(CCN5C[C@@H](C)N[C@@H](C)C5)cc4)c3)CC2)nn1C. The number of nitrogens with one attached hydrogen (secondary N) is 3. The molecule has 6 rings (SSSR count). The van der Waals surface area contributed by atoms with Gasteiger partial charge in [0.25, 0.3) is 11.8 Å². The Kier molecular flexibility index (Phi) is 10.7. The summed E-state index contributed by atoms with van der Waals surface area (Å²) in [5.41, 5.74) is 4.63. The van der Waals surface area contributed by atoms with Crippen LogP contribution in [0.1, 0.15) is 71.6 Å². The van der Waals surface area contributed by atoms with Crippen LogP contribution in [0.3, 0.4) is 0 Å². The van der Waals surface area contributed by atoms with E-state index in [2.05, 4.69) is 69.0 Å². The van der Waals surface area contributed by atoms with Crippen molar-refractivity contribution < 1.29 is 18.7 Å². The van der Waals surface area contributed by atoms with Crippen molar-refractivity contribution in [3.63, 3.8) is 0 Å². The van der Waals surface area contributed by atoms with Crippen molar-refractivity contribution in [3.05, 3.63) is 95.2 Å². The van der Waals surface area contributed by atoms with Gasteiger partial charge >= 0.3 is 0 Å². The summed E-state index contributed by atoms with van der Waals surface area (Å²) >= 11 is 0. The van der Waals surface area contributed by atoms with Crippen LogP contribution in [-0.2, 0) is 13.5 Å². The molecule has 2 amide bonds. The molecule has 1 aliphatic carbocycles. The Balaban J connectivity index is 1.04. The van der Waals surface area contributed by atoms with Crippen LogP contribution in [0, 0.1) is 12.7 Å². The quantitative estimate of drug-likeness (QED) is 0.207. The van der Waals surface area contributed by atoms with E-state index in [1.54, 1.807) is 23.9 Å². The lowest BCUT2D eigenvalue weighted by atomic mass is 9.91. The smallest absolute Gasteiger partial charge is 0.272 e. The molecule has 2 fully saturated rings. The Bertz CT molecular complexity index is 1740. The molecule has 49 heavy (non-hydrogen) atoms. The van der Waals surface area contributed by atoms with E-state index in [1.807, 2.05) is 25.1 Å². The Morgan fingerprint density at radius 1 is 0.918 bits per heavy atom. The average Bonchev–Trinajstić information content (AvgIpc) is 3.43. The second-order valence-corrected chi connectivity index (χ2v) is 13.6. The summed E-state index contributed by atoms with van der Waals surface area (Å²) in [5.74, 6) is -0.736. The van der Waals surface area contributed by atoms with Crippen LogP contribution in [0.2, 0.25) is 0 Å². The van der Waals surface area contributed by atoms with Gasteiger partial charge in [0.2, 0.25) is 5.88 Å². The zero-order valence-electron chi connectivity index (χ0n) is 28.7. The lowest BCUT2D eigenvalue weighted by molar-refractivity contribution is 0.0887. The molecule has 258 valence electrons. The van der Waals surface area contributed by atoms with Gasteiger partial charge in [0, 0.05) is 56.5 Å². The number of pyridine rings is 1. The Morgan fingerprint density at radius 2 is 1.59 bits per heavy atom. The van der Waals surface area contributed by atoms with Crippen molar-refractivity contribution in [2.24, 2.45) is 7.05 Å². The van der Waals surface area contributed by atoms with Crippen LogP contribution in [0.5, 0.6) is 11.6 Å². The van der Waals surface area contributed by atoms with Gasteiger partial charge in [0.15, 0.2) is 0 Å². The number of carbonyl (C=O) groups excluding carboxylic acids is 2. The number of hydrogen-bond donors (Lipinski definition) is 3. The van der Waals surface area contributed by atoms with E-state index < -0.39 is 11.7 Å². The van der Waals surface area contributed by atoms with Crippen LogP contribution in [0.4, 0.5) is 4.39 Å². The lowest BCUT2D eigenvalue weighted by Crippen LogP contribution is -2.54. The highest BCUT2D eigenvalue weighted by atomic mass is 19.1. The van der Waals surface area contributed by atoms with Gasteiger partial charge in [-0.15, -0.1) is 0 Å². The lowest BCUT2D eigenvalue weighted by Gasteiger charge is -2.36. The molecular weight excluding hydrogens is 621 g/mol. The second-order valence-electron chi connectivity index (χ2n) is 13.6. The molecule has 2 aromatic heterocycles. The number of piperazine rings is 1. The largest absolute Gasteiger partial charge is 0.438 e. The van der Waals surface area contributed by atoms with Gasteiger partial charge < -0.3 is 20.7 Å². The van der Waals surface area contributed by atoms with E-state index in [0.29, 0.717) is 49.2 Å². The monoisotopic (exact) mass is 667 g/mol. The molecule has 1 aliphatic heterocycles. The zero-order chi connectivity index (χ0) is 34.5. The van der Waals surface area contributed by atoms with Crippen molar-refractivity contribution in [3.8, 4) is 22.8 Å². The summed E-state index contributed by atoms with van der Waals surface area (Å²) in [7, 11) is 1.80. The van der Waals surface area contributed by atoms with Gasteiger partial charge in [-0.1, -0.05) is 36.4 Å². The first-order valence-corrected chi connectivity index (χ1v) is 17.2. The number of carbonyl (C=O) groups is 2. The first-order chi connectivity index (χ1) is 23.6. The third-order valence-corrected chi connectivity index (χ3v) is 9.49. The van der Waals surface area contributed by atoms with Gasteiger partial charge in [0.05, 0.1) is 6.20 Å². The number of hydrogen-bond acceptors (Lipinski definition) is 7. The molecule has 2 aliphatic rings. The predicted molar refractivity (Wildman–Crippen MR) is 187 cm³/mol. The number of amides is 2. The van der Waals surface area contributed by atoms with Crippen molar-refractivity contribution in [1.82, 2.24) is 35.6 Å². The average molecular weight is 668 g/mol. The predicted octanol–water partition coefficient (Wildman–Crippen LogP) is 5.42. The van der Waals surface area contributed by atoms with E-state index >= 15 is 0 Å². The van der Waals surface area contributed by atoms with Crippen molar-refractivity contribution >= 4 is 11.8 Å². The molecule has 11 heteroatoms. The number of nitrogens with zero attached hydrogens (tertiary/aromatic N) is 4. The molecule has 0 unspecified atom stereocenters. The number of benzene rings is 2. The van der Waals surface area contributed by atoms with E-state index in [9.17, 15) is 14.0 Å². The molecule has 0 spiro atoms. The fourth-order valence-corrected chi connectivity index (χ4v) is 6.87. The van der Waals surface area contributed by atoms with E-state index in [1.165, 1.54) is 5.56 Å². The first kappa shape index (κ1) is 34.3. The molecular formula is C38H46FN7O3. The molecule has 3 heterocycles. The number of ether oxygens (including phenoxy) is 1. The third-order valence-electron chi connectivity index (χ3n) is 9.49. The van der Waals surface area contributed by atoms with Crippen LogP contribution in [0.25, 0.3) is 11.1 Å². The molecule has 1 saturated heterocycles. The maximum Gasteiger partial charge on any atom is 0.272 e. The minimum absolute atomic E-state index is 0.00802. The van der Waals surface area contributed by atoms with Gasteiger partial charge in [-0.2, -0.15) is 5.10 Å². The summed E-state index contributed by atoms with van der Waals surface area (Å²) in [6, 6.07) is 20.0. The maximum atomic E-state index is 14.3. The summed E-state index contributed by atoms with van der Waals surface area (Å²) in [4.78, 5) is 32.7. The highest BCUT2D eigenvalue weighted by Crippen LogP contribution is 2.29.